The molecule has 0 unspecified atom stereocenters. The molecule has 1 nitrogen and oxygen atoms in total. The van der Waals surface area contributed by atoms with Crippen molar-refractivity contribution < 1.29 is 9.18 Å². The number of carbonyl (C=O) groups is 1. The SMILES string of the molecule is Cc1ccc(F)cc1C(=O)C1C2CC3CC(C2)CC1C3. The second-order valence-corrected chi connectivity index (χ2v) is 7.28. The maximum atomic E-state index is 13.5. The van der Waals surface area contributed by atoms with Crippen molar-refractivity contribution in [2.75, 3.05) is 0 Å². The molecular weight excluding hydrogens is 251 g/mol. The normalized spacial score (nSPS) is 38.2. The lowest BCUT2D eigenvalue weighted by Gasteiger charge is -2.53. The fourth-order valence-electron chi connectivity index (χ4n) is 5.39. The lowest BCUT2D eigenvalue weighted by Crippen LogP contribution is -2.48. The van der Waals surface area contributed by atoms with Crippen LogP contribution >= 0.6 is 0 Å². The first-order valence-electron chi connectivity index (χ1n) is 7.92. The summed E-state index contributed by atoms with van der Waals surface area (Å²) in [7, 11) is 0. The Balaban J connectivity index is 1.67. The first kappa shape index (κ1) is 12.6. The number of carbonyl (C=O) groups excluding carboxylic acids is 1. The molecule has 5 rings (SSSR count). The minimum atomic E-state index is -0.289. The van der Waals surface area contributed by atoms with Gasteiger partial charge in [-0.1, -0.05) is 6.07 Å². The summed E-state index contributed by atoms with van der Waals surface area (Å²) in [4.78, 5) is 12.9. The number of hydrogen-bond donors (Lipinski definition) is 0. The van der Waals surface area contributed by atoms with Gasteiger partial charge < -0.3 is 0 Å². The van der Waals surface area contributed by atoms with Crippen molar-refractivity contribution in [1.29, 1.82) is 0 Å². The third-order valence-electron chi connectivity index (χ3n) is 5.99. The summed E-state index contributed by atoms with van der Waals surface area (Å²) in [5.41, 5.74) is 1.55. The third-order valence-corrected chi connectivity index (χ3v) is 5.99. The molecule has 0 N–H and O–H groups in total. The van der Waals surface area contributed by atoms with Gasteiger partial charge in [0.05, 0.1) is 0 Å². The molecule has 0 aromatic heterocycles. The van der Waals surface area contributed by atoms with Crippen molar-refractivity contribution in [2.24, 2.45) is 29.6 Å². The van der Waals surface area contributed by atoms with Gasteiger partial charge in [-0.15, -0.1) is 0 Å². The monoisotopic (exact) mass is 272 g/mol. The number of ketones is 1. The third kappa shape index (κ3) is 1.84. The van der Waals surface area contributed by atoms with E-state index in [-0.39, 0.29) is 17.5 Å². The van der Waals surface area contributed by atoms with Gasteiger partial charge in [0.2, 0.25) is 0 Å². The highest BCUT2D eigenvalue weighted by Gasteiger charge is 2.50. The van der Waals surface area contributed by atoms with Crippen molar-refractivity contribution in [3.8, 4) is 0 Å². The molecule has 0 radical (unpaired) electrons. The Morgan fingerprint density at radius 3 is 2.25 bits per heavy atom. The number of Topliss-reactive ketones (excluding diaryl/α,β-unsaturated/α-hetero) is 1. The highest BCUT2D eigenvalue weighted by molar-refractivity contribution is 5.99. The van der Waals surface area contributed by atoms with Crippen molar-refractivity contribution in [3.63, 3.8) is 0 Å². The molecule has 20 heavy (non-hydrogen) atoms. The van der Waals surface area contributed by atoms with Crippen LogP contribution in [-0.4, -0.2) is 5.78 Å². The Kier molecular flexibility index (Phi) is 2.77. The Bertz CT molecular complexity index is 535. The molecule has 0 spiro atoms. The molecule has 4 aliphatic rings. The summed E-state index contributed by atoms with van der Waals surface area (Å²) in [6, 6.07) is 4.63. The van der Waals surface area contributed by atoms with Crippen LogP contribution in [-0.2, 0) is 0 Å². The summed E-state index contributed by atoms with van der Waals surface area (Å²) in [6.07, 6.45) is 6.33. The average molecular weight is 272 g/mol. The molecule has 4 aliphatic carbocycles. The second-order valence-electron chi connectivity index (χ2n) is 7.28. The van der Waals surface area contributed by atoms with Crippen LogP contribution in [0.1, 0.15) is 48.0 Å². The van der Waals surface area contributed by atoms with E-state index in [9.17, 15) is 9.18 Å². The van der Waals surface area contributed by atoms with Gasteiger partial charge in [-0.2, -0.15) is 0 Å². The number of halogens is 1. The molecule has 1 aromatic carbocycles. The van der Waals surface area contributed by atoms with E-state index in [0.29, 0.717) is 17.4 Å². The molecule has 2 heteroatoms. The summed E-state index contributed by atoms with van der Waals surface area (Å²) in [5, 5.41) is 0. The van der Waals surface area contributed by atoms with E-state index in [2.05, 4.69) is 0 Å². The minimum Gasteiger partial charge on any atom is -0.294 e. The van der Waals surface area contributed by atoms with Gasteiger partial charge in [-0.05, 0) is 80.4 Å². The first-order chi connectivity index (χ1) is 9.61. The Morgan fingerprint density at radius 1 is 1.05 bits per heavy atom. The summed E-state index contributed by atoms with van der Waals surface area (Å²) >= 11 is 0. The van der Waals surface area contributed by atoms with Crippen LogP contribution in [0.3, 0.4) is 0 Å². The second kappa shape index (κ2) is 4.41. The van der Waals surface area contributed by atoms with E-state index < -0.39 is 0 Å². The molecule has 0 heterocycles. The van der Waals surface area contributed by atoms with E-state index in [4.69, 9.17) is 0 Å². The molecule has 4 saturated carbocycles. The van der Waals surface area contributed by atoms with Gasteiger partial charge in [0.15, 0.2) is 5.78 Å². The maximum Gasteiger partial charge on any atom is 0.166 e. The molecule has 0 saturated heterocycles. The van der Waals surface area contributed by atoms with Crippen LogP contribution in [0, 0.1) is 42.3 Å². The standard InChI is InChI=1S/C18H21FO/c1-10-2-3-15(19)9-16(10)18(20)17-13-5-11-4-12(7-13)8-14(17)6-11/h2-3,9,11-14,17H,4-8H2,1H3. The van der Waals surface area contributed by atoms with E-state index in [1.165, 1.54) is 44.2 Å². The fourth-order valence-corrected chi connectivity index (χ4v) is 5.39. The van der Waals surface area contributed by atoms with Crippen molar-refractivity contribution in [1.82, 2.24) is 0 Å². The molecule has 0 atom stereocenters. The van der Waals surface area contributed by atoms with Crippen molar-refractivity contribution in [3.05, 3.63) is 35.1 Å². The highest BCUT2D eigenvalue weighted by atomic mass is 19.1. The minimum absolute atomic E-state index is 0.170. The van der Waals surface area contributed by atoms with Crippen molar-refractivity contribution in [2.45, 2.75) is 39.0 Å². The summed E-state index contributed by atoms with van der Waals surface area (Å²) < 4.78 is 13.5. The number of benzene rings is 1. The predicted octanol–water partition coefficient (Wildman–Crippen LogP) is 4.39. The quantitative estimate of drug-likeness (QED) is 0.730. The number of rotatable bonds is 2. The lowest BCUT2D eigenvalue weighted by atomic mass is 9.51. The van der Waals surface area contributed by atoms with Crippen LogP contribution in [0.5, 0.6) is 0 Å². The topological polar surface area (TPSA) is 17.1 Å². The summed E-state index contributed by atoms with van der Waals surface area (Å²) in [6.45, 7) is 1.92. The van der Waals surface area contributed by atoms with Crippen LogP contribution in [0.15, 0.2) is 18.2 Å². The number of aryl methyl sites for hydroxylation is 1. The Morgan fingerprint density at radius 2 is 1.65 bits per heavy atom. The van der Waals surface area contributed by atoms with Gasteiger partial charge in [0.25, 0.3) is 0 Å². The summed E-state index contributed by atoms with van der Waals surface area (Å²) in [5.74, 6) is 2.98. The predicted molar refractivity (Wildman–Crippen MR) is 76.0 cm³/mol. The first-order valence-corrected chi connectivity index (χ1v) is 7.92. The average Bonchev–Trinajstić information content (AvgIpc) is 2.40. The van der Waals surface area contributed by atoms with Crippen molar-refractivity contribution >= 4 is 5.78 Å². The van der Waals surface area contributed by atoms with E-state index in [0.717, 1.165) is 17.4 Å². The zero-order valence-electron chi connectivity index (χ0n) is 11.9. The zero-order valence-corrected chi connectivity index (χ0v) is 11.9. The molecule has 0 amide bonds. The maximum absolute atomic E-state index is 13.5. The fraction of sp³-hybridized carbons (Fsp3) is 0.611. The van der Waals surface area contributed by atoms with E-state index in [1.54, 1.807) is 6.07 Å². The molecular formula is C18H21FO. The van der Waals surface area contributed by atoms with Crippen LogP contribution in [0.4, 0.5) is 4.39 Å². The molecule has 4 bridgehead atoms. The molecule has 1 aromatic rings. The van der Waals surface area contributed by atoms with Gasteiger partial charge in [-0.25, -0.2) is 4.39 Å². The Labute approximate surface area is 119 Å². The number of hydrogen-bond acceptors (Lipinski definition) is 1. The zero-order chi connectivity index (χ0) is 13.9. The Hall–Kier alpha value is -1.18. The van der Waals surface area contributed by atoms with E-state index >= 15 is 0 Å². The molecule has 0 aliphatic heterocycles. The molecule has 4 fully saturated rings. The smallest absolute Gasteiger partial charge is 0.166 e. The van der Waals surface area contributed by atoms with Crippen LogP contribution < -0.4 is 0 Å². The largest absolute Gasteiger partial charge is 0.294 e. The van der Waals surface area contributed by atoms with Gasteiger partial charge >= 0.3 is 0 Å². The van der Waals surface area contributed by atoms with Crippen LogP contribution in [0.25, 0.3) is 0 Å². The molecule has 106 valence electrons. The van der Waals surface area contributed by atoms with Crippen LogP contribution in [0.2, 0.25) is 0 Å². The van der Waals surface area contributed by atoms with Gasteiger partial charge in [0, 0.05) is 11.5 Å². The van der Waals surface area contributed by atoms with Gasteiger partial charge in [0.1, 0.15) is 5.82 Å². The highest BCUT2D eigenvalue weighted by Crippen LogP contribution is 2.57. The lowest BCUT2D eigenvalue weighted by molar-refractivity contribution is -0.0251. The van der Waals surface area contributed by atoms with E-state index in [1.807, 2.05) is 6.92 Å². The van der Waals surface area contributed by atoms with Gasteiger partial charge in [-0.3, -0.25) is 4.79 Å².